The van der Waals surface area contributed by atoms with E-state index >= 15 is 0 Å². The number of anilines is 3. The Labute approximate surface area is 133 Å². The van der Waals surface area contributed by atoms with Crippen molar-refractivity contribution >= 4 is 29.3 Å². The Morgan fingerprint density at radius 1 is 1.17 bits per heavy atom. The van der Waals surface area contributed by atoms with E-state index in [2.05, 4.69) is 20.3 Å². The first-order chi connectivity index (χ1) is 11.1. The van der Waals surface area contributed by atoms with E-state index in [0.717, 1.165) is 5.69 Å². The molecule has 1 aromatic heterocycles. The molecule has 0 amide bonds. The average molecular weight is 315 g/mol. The molecule has 0 fully saturated rings. The van der Waals surface area contributed by atoms with Crippen LogP contribution in [0.4, 0.5) is 17.6 Å². The fourth-order valence-corrected chi connectivity index (χ4v) is 1.84. The van der Waals surface area contributed by atoms with Gasteiger partial charge in [-0.05, 0) is 19.1 Å². The molecule has 2 aromatic rings. The van der Waals surface area contributed by atoms with Gasteiger partial charge in [-0.2, -0.15) is 15.0 Å². The van der Waals surface area contributed by atoms with Gasteiger partial charge in [0.1, 0.15) is 12.2 Å². The first-order valence-corrected chi connectivity index (χ1v) is 7.06. The second kappa shape index (κ2) is 7.83. The van der Waals surface area contributed by atoms with E-state index in [9.17, 15) is 9.59 Å². The minimum absolute atomic E-state index is 0.00244. The van der Waals surface area contributed by atoms with Crippen LogP contribution in [0.5, 0.6) is 0 Å². The number of ketones is 1. The smallest absolute Gasteiger partial charge is 0.313 e. The number of benzene rings is 1. The summed E-state index contributed by atoms with van der Waals surface area (Å²) < 4.78 is 4.73. The first-order valence-electron chi connectivity index (χ1n) is 7.06. The molecule has 8 nitrogen and oxygen atoms in total. The van der Waals surface area contributed by atoms with Crippen LogP contribution in [0.1, 0.15) is 19.2 Å². The van der Waals surface area contributed by atoms with Crippen LogP contribution in [-0.2, 0) is 20.7 Å². The highest BCUT2D eigenvalue weighted by Crippen LogP contribution is 2.13. The summed E-state index contributed by atoms with van der Waals surface area (Å²) in [4.78, 5) is 35.1. The van der Waals surface area contributed by atoms with Crippen LogP contribution in [0, 0.1) is 0 Å². The van der Waals surface area contributed by atoms with Crippen molar-refractivity contribution in [2.75, 3.05) is 17.7 Å². The van der Waals surface area contributed by atoms with E-state index in [1.807, 2.05) is 30.3 Å². The molecule has 0 radical (unpaired) electrons. The molecule has 0 saturated carbocycles. The zero-order chi connectivity index (χ0) is 16.7. The molecule has 0 bridgehead atoms. The molecule has 1 heterocycles. The number of nitrogens with zero attached hydrogens (tertiary/aromatic N) is 3. The number of hydrogen-bond donors (Lipinski definition) is 2. The second-order valence-electron chi connectivity index (χ2n) is 4.62. The van der Waals surface area contributed by atoms with Gasteiger partial charge in [-0.25, -0.2) is 0 Å². The normalized spacial score (nSPS) is 10.1. The predicted molar refractivity (Wildman–Crippen MR) is 83.9 cm³/mol. The molecule has 0 aliphatic rings. The molecule has 0 atom stereocenters. The number of rotatable bonds is 7. The van der Waals surface area contributed by atoms with Gasteiger partial charge in [0.15, 0.2) is 5.78 Å². The highest BCUT2D eigenvalue weighted by atomic mass is 16.5. The van der Waals surface area contributed by atoms with E-state index in [1.54, 1.807) is 6.92 Å². The number of nitrogens with two attached hydrogens (primary N) is 1. The van der Waals surface area contributed by atoms with E-state index in [4.69, 9.17) is 10.5 Å². The number of carbonyl (C=O) groups excluding carboxylic acids is 2. The summed E-state index contributed by atoms with van der Waals surface area (Å²) in [5, 5.41) is 2.97. The Balaban J connectivity index is 2.05. The Bertz CT molecular complexity index is 691. The fourth-order valence-electron chi connectivity index (χ4n) is 1.84. The molecule has 120 valence electrons. The Hall–Kier alpha value is -3.03. The van der Waals surface area contributed by atoms with Gasteiger partial charge in [-0.1, -0.05) is 18.2 Å². The molecule has 1 aromatic carbocycles. The van der Waals surface area contributed by atoms with E-state index < -0.39 is 5.97 Å². The number of ether oxygens (including phenoxy) is 1. The maximum absolute atomic E-state index is 11.8. The second-order valence-corrected chi connectivity index (χ2v) is 4.62. The summed E-state index contributed by atoms with van der Waals surface area (Å²) in [6.45, 7) is 1.91. The lowest BCUT2D eigenvalue weighted by Gasteiger charge is -2.07. The van der Waals surface area contributed by atoms with Crippen molar-refractivity contribution in [2.24, 2.45) is 0 Å². The molecule has 0 spiro atoms. The predicted octanol–water partition coefficient (Wildman–Crippen LogP) is 1.26. The maximum atomic E-state index is 11.8. The van der Waals surface area contributed by atoms with Crippen molar-refractivity contribution in [2.45, 2.75) is 19.8 Å². The lowest BCUT2D eigenvalue weighted by molar-refractivity contribution is -0.145. The van der Waals surface area contributed by atoms with Crippen molar-refractivity contribution in [3.8, 4) is 0 Å². The summed E-state index contributed by atoms with van der Waals surface area (Å²) in [6.07, 6.45) is -0.435. The minimum Gasteiger partial charge on any atom is -0.466 e. The number of carbonyl (C=O) groups is 2. The highest BCUT2D eigenvalue weighted by molar-refractivity contribution is 5.96. The zero-order valence-electron chi connectivity index (χ0n) is 12.7. The summed E-state index contributed by atoms with van der Waals surface area (Å²) in [5.41, 5.74) is 6.41. The summed E-state index contributed by atoms with van der Waals surface area (Å²) in [5.74, 6) is -0.480. The molecule has 0 aliphatic carbocycles. The molecule has 0 aliphatic heterocycles. The fraction of sp³-hybridized carbons (Fsp3) is 0.267. The third-order valence-corrected chi connectivity index (χ3v) is 2.73. The van der Waals surface area contributed by atoms with Crippen molar-refractivity contribution in [1.82, 2.24) is 15.0 Å². The first kappa shape index (κ1) is 16.3. The van der Waals surface area contributed by atoms with Gasteiger partial charge in [-0.15, -0.1) is 0 Å². The molecular weight excluding hydrogens is 298 g/mol. The lowest BCUT2D eigenvalue weighted by atomic mass is 10.2. The van der Waals surface area contributed by atoms with Crippen LogP contribution in [0.15, 0.2) is 30.3 Å². The number of para-hydroxylation sites is 1. The van der Waals surface area contributed by atoms with Crippen LogP contribution in [0.3, 0.4) is 0 Å². The molecule has 0 saturated heterocycles. The Morgan fingerprint density at radius 3 is 2.61 bits per heavy atom. The largest absolute Gasteiger partial charge is 0.466 e. The van der Waals surface area contributed by atoms with Gasteiger partial charge in [0.05, 0.1) is 13.0 Å². The quantitative estimate of drug-likeness (QED) is 0.579. The van der Waals surface area contributed by atoms with Gasteiger partial charge in [0.2, 0.25) is 11.9 Å². The van der Waals surface area contributed by atoms with Crippen LogP contribution in [0.2, 0.25) is 0 Å². The third kappa shape index (κ3) is 5.34. The van der Waals surface area contributed by atoms with Gasteiger partial charge in [-0.3, -0.25) is 9.59 Å². The van der Waals surface area contributed by atoms with Gasteiger partial charge >= 0.3 is 5.97 Å². The molecule has 2 rings (SSSR count). The highest BCUT2D eigenvalue weighted by Gasteiger charge is 2.14. The van der Waals surface area contributed by atoms with Crippen molar-refractivity contribution < 1.29 is 14.3 Å². The summed E-state index contributed by atoms with van der Waals surface area (Å²) in [7, 11) is 0. The van der Waals surface area contributed by atoms with Gasteiger partial charge < -0.3 is 15.8 Å². The zero-order valence-corrected chi connectivity index (χ0v) is 12.7. The topological polar surface area (TPSA) is 120 Å². The maximum Gasteiger partial charge on any atom is 0.313 e. The standard InChI is InChI=1S/C15H17N5O3/c1-2-23-13(22)9-11(21)8-12-18-14(16)20-15(19-12)17-10-6-4-3-5-7-10/h3-7H,2,8-9H2,1H3,(H3,16,17,18,19,20). The summed E-state index contributed by atoms with van der Waals surface area (Å²) >= 11 is 0. The lowest BCUT2D eigenvalue weighted by Crippen LogP contribution is -2.15. The number of nitrogen functional groups attached to an aromatic ring is 1. The van der Waals surface area contributed by atoms with Gasteiger partial charge in [0.25, 0.3) is 0 Å². The van der Waals surface area contributed by atoms with Crippen molar-refractivity contribution in [1.29, 1.82) is 0 Å². The van der Waals surface area contributed by atoms with Crippen LogP contribution >= 0.6 is 0 Å². The Morgan fingerprint density at radius 2 is 1.91 bits per heavy atom. The Kier molecular flexibility index (Phi) is 5.56. The SMILES string of the molecule is CCOC(=O)CC(=O)Cc1nc(N)nc(Nc2ccccc2)n1. The number of hydrogen-bond acceptors (Lipinski definition) is 8. The number of esters is 1. The molecule has 3 N–H and O–H groups in total. The monoisotopic (exact) mass is 315 g/mol. The van der Waals surface area contributed by atoms with Gasteiger partial charge in [0, 0.05) is 5.69 Å². The third-order valence-electron chi connectivity index (χ3n) is 2.73. The van der Waals surface area contributed by atoms with E-state index in [-0.39, 0.29) is 43.0 Å². The number of aromatic nitrogens is 3. The molecule has 23 heavy (non-hydrogen) atoms. The van der Waals surface area contributed by atoms with Crippen molar-refractivity contribution in [3.05, 3.63) is 36.2 Å². The molecule has 8 heteroatoms. The van der Waals surface area contributed by atoms with Crippen molar-refractivity contribution in [3.63, 3.8) is 0 Å². The molecule has 0 unspecified atom stereocenters. The number of nitrogens with one attached hydrogen (secondary N) is 1. The number of Topliss-reactive ketones (excluding diaryl/α,β-unsaturated/α-hetero) is 1. The van der Waals surface area contributed by atoms with Crippen LogP contribution in [-0.4, -0.2) is 33.3 Å². The summed E-state index contributed by atoms with van der Waals surface area (Å²) in [6, 6.07) is 9.27. The van der Waals surface area contributed by atoms with E-state index in [0.29, 0.717) is 0 Å². The van der Waals surface area contributed by atoms with Crippen LogP contribution in [0.25, 0.3) is 0 Å². The average Bonchev–Trinajstić information content (AvgIpc) is 2.47. The van der Waals surface area contributed by atoms with E-state index in [1.165, 1.54) is 0 Å². The van der Waals surface area contributed by atoms with Crippen LogP contribution < -0.4 is 11.1 Å². The molecular formula is C15H17N5O3. The minimum atomic E-state index is -0.567.